The first-order valence-electron chi connectivity index (χ1n) is 6.75. The Bertz CT molecular complexity index is 588. The van der Waals surface area contributed by atoms with Crippen molar-refractivity contribution in [3.05, 3.63) is 40.9 Å². The van der Waals surface area contributed by atoms with Crippen molar-refractivity contribution in [1.29, 1.82) is 0 Å². The fourth-order valence-corrected chi connectivity index (χ4v) is 1.90. The number of rotatable bonds is 7. The molecule has 0 radical (unpaired) electrons. The van der Waals surface area contributed by atoms with Crippen LogP contribution in [0.4, 0.5) is 4.39 Å². The van der Waals surface area contributed by atoms with Crippen LogP contribution in [0, 0.1) is 5.82 Å². The molecule has 1 heterocycles. The minimum absolute atomic E-state index is 0.260. The molecule has 2 aromatic rings. The van der Waals surface area contributed by atoms with Crippen molar-refractivity contribution in [2.45, 2.75) is 33.0 Å². The summed E-state index contributed by atoms with van der Waals surface area (Å²) in [6.07, 6.45) is 1.87. The van der Waals surface area contributed by atoms with Gasteiger partial charge in [0.05, 0.1) is 17.3 Å². The van der Waals surface area contributed by atoms with Gasteiger partial charge in [0.1, 0.15) is 18.2 Å². The Kier molecular flexibility index (Phi) is 5.52. The summed E-state index contributed by atoms with van der Waals surface area (Å²) >= 11 is 5.88. The number of halogens is 2. The van der Waals surface area contributed by atoms with Crippen LogP contribution in [-0.4, -0.2) is 27.6 Å². The van der Waals surface area contributed by atoms with E-state index >= 15 is 0 Å². The van der Waals surface area contributed by atoms with Crippen LogP contribution >= 0.6 is 11.6 Å². The summed E-state index contributed by atoms with van der Waals surface area (Å²) in [7, 11) is 0. The van der Waals surface area contributed by atoms with Crippen LogP contribution in [0.1, 0.15) is 19.5 Å². The van der Waals surface area contributed by atoms with Crippen molar-refractivity contribution in [3.63, 3.8) is 0 Å². The Morgan fingerprint density at radius 3 is 2.95 bits per heavy atom. The van der Waals surface area contributed by atoms with Gasteiger partial charge in [-0.15, -0.1) is 5.10 Å². The molecule has 1 aromatic carbocycles. The number of ether oxygens (including phenoxy) is 1. The van der Waals surface area contributed by atoms with E-state index in [1.165, 1.54) is 18.2 Å². The maximum absolute atomic E-state index is 12.9. The van der Waals surface area contributed by atoms with Gasteiger partial charge in [0.15, 0.2) is 0 Å². The van der Waals surface area contributed by atoms with Crippen LogP contribution < -0.4 is 10.1 Å². The fourth-order valence-electron chi connectivity index (χ4n) is 1.68. The van der Waals surface area contributed by atoms with Gasteiger partial charge in [0.2, 0.25) is 0 Å². The average Bonchev–Trinajstić information content (AvgIpc) is 2.87. The standard InChI is InChI=1S/C14H18ClFN4O/c1-10(2)17-8-12-9-20(19-18-12)5-6-21-14-4-3-11(16)7-13(14)15/h3-4,7,9-10,17H,5-6,8H2,1-2H3. The molecule has 1 aromatic heterocycles. The van der Waals surface area contributed by atoms with E-state index < -0.39 is 0 Å². The quantitative estimate of drug-likeness (QED) is 0.854. The lowest BCUT2D eigenvalue weighted by Gasteiger charge is -2.07. The highest BCUT2D eigenvalue weighted by atomic mass is 35.5. The van der Waals surface area contributed by atoms with Crippen LogP contribution in [0.5, 0.6) is 5.75 Å². The summed E-state index contributed by atoms with van der Waals surface area (Å²) in [5.41, 5.74) is 0.878. The highest BCUT2D eigenvalue weighted by Gasteiger charge is 2.05. The summed E-state index contributed by atoms with van der Waals surface area (Å²) in [4.78, 5) is 0. The zero-order chi connectivity index (χ0) is 15.2. The molecule has 0 fully saturated rings. The third-order valence-corrected chi connectivity index (χ3v) is 3.04. The van der Waals surface area contributed by atoms with Crippen molar-refractivity contribution >= 4 is 11.6 Å². The van der Waals surface area contributed by atoms with Gasteiger partial charge in [-0.2, -0.15) is 0 Å². The monoisotopic (exact) mass is 312 g/mol. The second-order valence-electron chi connectivity index (χ2n) is 4.93. The predicted octanol–water partition coefficient (Wildman–Crippen LogP) is 2.65. The number of benzene rings is 1. The minimum atomic E-state index is -0.383. The molecule has 2 rings (SSSR count). The van der Waals surface area contributed by atoms with Crippen LogP contribution in [0.15, 0.2) is 24.4 Å². The van der Waals surface area contributed by atoms with Gasteiger partial charge < -0.3 is 10.1 Å². The summed E-state index contributed by atoms with van der Waals surface area (Å²) in [6, 6.07) is 4.45. The lowest BCUT2D eigenvalue weighted by molar-refractivity contribution is 0.289. The van der Waals surface area contributed by atoms with Crippen LogP contribution in [0.2, 0.25) is 5.02 Å². The van der Waals surface area contributed by atoms with Gasteiger partial charge in [-0.25, -0.2) is 9.07 Å². The maximum atomic E-state index is 12.9. The minimum Gasteiger partial charge on any atom is -0.490 e. The van der Waals surface area contributed by atoms with Crippen LogP contribution in [-0.2, 0) is 13.1 Å². The number of nitrogens with zero attached hydrogens (tertiary/aromatic N) is 3. The van der Waals surface area contributed by atoms with Crippen LogP contribution in [0.25, 0.3) is 0 Å². The van der Waals surface area contributed by atoms with Gasteiger partial charge in [0, 0.05) is 18.8 Å². The molecule has 21 heavy (non-hydrogen) atoms. The van der Waals surface area contributed by atoms with Gasteiger partial charge in [-0.05, 0) is 18.2 Å². The van der Waals surface area contributed by atoms with Crippen LogP contribution in [0.3, 0.4) is 0 Å². The SMILES string of the molecule is CC(C)NCc1cn(CCOc2ccc(F)cc2Cl)nn1. The van der Waals surface area contributed by atoms with Gasteiger partial charge in [-0.1, -0.05) is 30.7 Å². The fraction of sp³-hybridized carbons (Fsp3) is 0.429. The van der Waals surface area contributed by atoms with Gasteiger partial charge in [-0.3, -0.25) is 0 Å². The topological polar surface area (TPSA) is 52.0 Å². The Morgan fingerprint density at radius 2 is 2.24 bits per heavy atom. The van der Waals surface area contributed by atoms with Crippen molar-refractivity contribution in [2.75, 3.05) is 6.61 Å². The van der Waals surface area contributed by atoms with E-state index in [-0.39, 0.29) is 10.8 Å². The molecule has 5 nitrogen and oxygen atoms in total. The Labute approximate surface area is 128 Å². The highest BCUT2D eigenvalue weighted by molar-refractivity contribution is 6.32. The van der Waals surface area contributed by atoms with Gasteiger partial charge >= 0.3 is 0 Å². The molecular formula is C14H18ClFN4O. The largest absolute Gasteiger partial charge is 0.490 e. The molecule has 0 atom stereocenters. The maximum Gasteiger partial charge on any atom is 0.138 e. The molecule has 0 bridgehead atoms. The van der Waals surface area contributed by atoms with Crippen molar-refractivity contribution < 1.29 is 9.13 Å². The third-order valence-electron chi connectivity index (χ3n) is 2.75. The van der Waals surface area contributed by atoms with E-state index in [1.807, 2.05) is 6.20 Å². The molecule has 1 N–H and O–H groups in total. The van der Waals surface area contributed by atoms with Crippen molar-refractivity contribution in [1.82, 2.24) is 20.3 Å². The number of aromatic nitrogens is 3. The molecule has 0 aliphatic heterocycles. The highest BCUT2D eigenvalue weighted by Crippen LogP contribution is 2.24. The van der Waals surface area contributed by atoms with E-state index in [0.29, 0.717) is 31.5 Å². The molecule has 0 unspecified atom stereocenters. The summed E-state index contributed by atoms with van der Waals surface area (Å²) in [5.74, 6) is 0.0748. The first-order valence-corrected chi connectivity index (χ1v) is 7.12. The molecular weight excluding hydrogens is 295 g/mol. The number of hydrogen-bond acceptors (Lipinski definition) is 4. The average molecular weight is 313 g/mol. The second-order valence-corrected chi connectivity index (χ2v) is 5.34. The molecule has 0 saturated heterocycles. The molecule has 0 spiro atoms. The van der Waals surface area contributed by atoms with Crippen molar-refractivity contribution in [3.8, 4) is 5.75 Å². The first kappa shape index (κ1) is 15.7. The Morgan fingerprint density at radius 1 is 1.43 bits per heavy atom. The predicted molar refractivity (Wildman–Crippen MR) is 78.9 cm³/mol. The Balaban J connectivity index is 1.80. The smallest absolute Gasteiger partial charge is 0.138 e. The van der Waals surface area contributed by atoms with E-state index in [9.17, 15) is 4.39 Å². The zero-order valence-corrected chi connectivity index (χ0v) is 12.8. The van der Waals surface area contributed by atoms with Gasteiger partial charge in [0.25, 0.3) is 0 Å². The molecule has 0 saturated carbocycles. The molecule has 0 amide bonds. The van der Waals surface area contributed by atoms with E-state index in [0.717, 1.165) is 5.69 Å². The summed E-state index contributed by atoms with van der Waals surface area (Å²) in [5, 5.41) is 11.6. The molecule has 7 heteroatoms. The molecule has 0 aliphatic rings. The van der Waals surface area contributed by atoms with E-state index in [2.05, 4.69) is 29.5 Å². The summed E-state index contributed by atoms with van der Waals surface area (Å²) < 4.78 is 20.1. The number of hydrogen-bond donors (Lipinski definition) is 1. The number of nitrogens with one attached hydrogen (secondary N) is 1. The molecule has 0 aliphatic carbocycles. The lowest BCUT2D eigenvalue weighted by atomic mass is 10.3. The lowest BCUT2D eigenvalue weighted by Crippen LogP contribution is -2.21. The van der Waals surface area contributed by atoms with E-state index in [1.54, 1.807) is 4.68 Å². The summed E-state index contributed by atoms with van der Waals surface area (Å²) in [6.45, 7) is 5.76. The molecule has 114 valence electrons. The third kappa shape index (κ3) is 4.99. The second kappa shape index (κ2) is 7.38. The van der Waals surface area contributed by atoms with E-state index in [4.69, 9.17) is 16.3 Å². The Hall–Kier alpha value is -1.66. The van der Waals surface area contributed by atoms with Crippen molar-refractivity contribution in [2.24, 2.45) is 0 Å². The zero-order valence-electron chi connectivity index (χ0n) is 12.0. The first-order chi connectivity index (χ1) is 10.0. The normalized spacial score (nSPS) is 11.1.